The van der Waals surface area contributed by atoms with E-state index in [0.717, 1.165) is 19.4 Å². The van der Waals surface area contributed by atoms with Crippen LogP contribution in [0.25, 0.3) is 0 Å². The van der Waals surface area contributed by atoms with Crippen LogP contribution in [0, 0.1) is 22.7 Å². The highest BCUT2D eigenvalue weighted by molar-refractivity contribution is 5.92. The summed E-state index contributed by atoms with van der Waals surface area (Å²) in [7, 11) is 0. The number of nitrogens with zero attached hydrogens (tertiary/aromatic N) is 4. The number of nitriles is 1. The molecule has 1 aliphatic carbocycles. The molecule has 0 atom stereocenters. The molecule has 0 aromatic carbocycles. The maximum Gasteiger partial charge on any atom is 0.243 e. The molecule has 7 heteroatoms. The number of likely N-dealkylation sites (tertiary alicyclic amines) is 1. The fourth-order valence-electron chi connectivity index (χ4n) is 3.84. The average Bonchev–Trinajstić information content (AvgIpc) is 3.31. The van der Waals surface area contributed by atoms with Crippen LogP contribution < -0.4 is 5.32 Å². The SMILES string of the molecule is CCn1cc(NC(=O)C2CCN(C(=O)C3(C#N)CCCC3)CC2)cn1. The molecular weight excluding hydrogens is 318 g/mol. The first-order valence-corrected chi connectivity index (χ1v) is 9.12. The number of amides is 2. The molecule has 2 amide bonds. The molecular formula is C18H25N5O2. The van der Waals surface area contributed by atoms with Crippen LogP contribution in [-0.2, 0) is 16.1 Å². The summed E-state index contributed by atoms with van der Waals surface area (Å²) in [4.78, 5) is 26.9. The van der Waals surface area contributed by atoms with Gasteiger partial charge in [-0.25, -0.2) is 0 Å². The average molecular weight is 343 g/mol. The van der Waals surface area contributed by atoms with Crippen molar-refractivity contribution < 1.29 is 9.59 Å². The lowest BCUT2D eigenvalue weighted by Gasteiger charge is -2.35. The number of hydrogen-bond donors (Lipinski definition) is 1. The summed E-state index contributed by atoms with van der Waals surface area (Å²) in [6.45, 7) is 3.85. The monoisotopic (exact) mass is 343 g/mol. The first-order valence-electron chi connectivity index (χ1n) is 9.12. The van der Waals surface area contributed by atoms with Crippen molar-refractivity contribution in [2.45, 2.75) is 52.0 Å². The quantitative estimate of drug-likeness (QED) is 0.907. The van der Waals surface area contributed by atoms with Gasteiger partial charge in [-0.15, -0.1) is 0 Å². The van der Waals surface area contributed by atoms with Crippen molar-refractivity contribution >= 4 is 17.5 Å². The Morgan fingerprint density at radius 1 is 1.36 bits per heavy atom. The molecule has 1 aliphatic heterocycles. The van der Waals surface area contributed by atoms with E-state index in [1.54, 1.807) is 15.8 Å². The van der Waals surface area contributed by atoms with Crippen LogP contribution in [0.3, 0.4) is 0 Å². The zero-order chi connectivity index (χ0) is 17.9. The van der Waals surface area contributed by atoms with E-state index in [1.165, 1.54) is 0 Å². The molecule has 0 bridgehead atoms. The van der Waals surface area contributed by atoms with Gasteiger partial charge in [0.15, 0.2) is 0 Å². The van der Waals surface area contributed by atoms with Crippen LogP contribution in [0.5, 0.6) is 0 Å². The normalized spacial score (nSPS) is 20.2. The number of carbonyl (C=O) groups is 2. The molecule has 0 unspecified atom stereocenters. The Balaban J connectivity index is 1.53. The summed E-state index contributed by atoms with van der Waals surface area (Å²) < 4.78 is 1.76. The summed E-state index contributed by atoms with van der Waals surface area (Å²) >= 11 is 0. The smallest absolute Gasteiger partial charge is 0.243 e. The van der Waals surface area contributed by atoms with Gasteiger partial charge in [-0.1, -0.05) is 12.8 Å². The van der Waals surface area contributed by atoms with Crippen molar-refractivity contribution in [1.29, 1.82) is 5.26 Å². The van der Waals surface area contributed by atoms with Crippen LogP contribution in [0.1, 0.15) is 45.4 Å². The molecule has 7 nitrogen and oxygen atoms in total. The van der Waals surface area contributed by atoms with Crippen LogP contribution in [0.2, 0.25) is 0 Å². The Morgan fingerprint density at radius 2 is 2.04 bits per heavy atom. The van der Waals surface area contributed by atoms with Crippen LogP contribution in [0.15, 0.2) is 12.4 Å². The van der Waals surface area contributed by atoms with Gasteiger partial charge < -0.3 is 10.2 Å². The maximum absolute atomic E-state index is 12.7. The second kappa shape index (κ2) is 7.26. The molecule has 134 valence electrons. The lowest BCUT2D eigenvalue weighted by molar-refractivity contribution is -0.141. The summed E-state index contributed by atoms with van der Waals surface area (Å²) in [6.07, 6.45) is 7.98. The lowest BCUT2D eigenvalue weighted by atomic mass is 9.85. The Kier molecular flexibility index (Phi) is 5.07. The third-order valence-electron chi connectivity index (χ3n) is 5.46. The standard InChI is InChI=1S/C18H25N5O2/c1-2-23-12-15(11-20-23)21-16(24)14-5-9-22(10-6-14)17(25)18(13-19)7-3-4-8-18/h11-12,14H,2-10H2,1H3,(H,21,24). The Labute approximate surface area is 148 Å². The van der Waals surface area contributed by atoms with E-state index in [0.29, 0.717) is 44.5 Å². The highest BCUT2D eigenvalue weighted by atomic mass is 16.2. The minimum Gasteiger partial charge on any atom is -0.341 e. The molecule has 25 heavy (non-hydrogen) atoms. The molecule has 1 N–H and O–H groups in total. The Morgan fingerprint density at radius 3 is 2.60 bits per heavy atom. The minimum absolute atomic E-state index is 0.0152. The van der Waals surface area contributed by atoms with Crippen molar-refractivity contribution in [3.05, 3.63) is 12.4 Å². The van der Waals surface area contributed by atoms with Crippen LogP contribution >= 0.6 is 0 Å². The molecule has 3 rings (SSSR count). The molecule has 2 aliphatic rings. The first-order chi connectivity index (χ1) is 12.1. The Bertz CT molecular complexity index is 676. The van der Waals surface area contributed by atoms with Gasteiger partial charge in [0, 0.05) is 31.7 Å². The summed E-state index contributed by atoms with van der Waals surface area (Å²) in [6, 6.07) is 2.27. The minimum atomic E-state index is -0.816. The van der Waals surface area contributed by atoms with Gasteiger partial charge in [0.05, 0.1) is 18.0 Å². The molecule has 0 radical (unpaired) electrons. The molecule has 0 spiro atoms. The second-order valence-corrected chi connectivity index (χ2v) is 7.04. The molecule has 1 aromatic rings. The maximum atomic E-state index is 12.7. The van der Waals surface area contributed by atoms with Crippen LogP contribution in [0.4, 0.5) is 5.69 Å². The number of aromatic nitrogens is 2. The van der Waals surface area contributed by atoms with Gasteiger partial charge in [0.1, 0.15) is 5.41 Å². The first kappa shape index (κ1) is 17.5. The largest absolute Gasteiger partial charge is 0.341 e. The van der Waals surface area contributed by atoms with E-state index >= 15 is 0 Å². The molecule has 1 saturated heterocycles. The number of piperidine rings is 1. The number of aryl methyl sites for hydroxylation is 1. The van der Waals surface area contributed by atoms with Crippen molar-refractivity contribution in [3.8, 4) is 6.07 Å². The summed E-state index contributed by atoms with van der Waals surface area (Å²) in [5, 5.41) is 16.5. The predicted molar refractivity (Wildman–Crippen MR) is 92.3 cm³/mol. The second-order valence-electron chi connectivity index (χ2n) is 7.04. The number of hydrogen-bond acceptors (Lipinski definition) is 4. The number of anilines is 1. The molecule has 2 fully saturated rings. The van der Waals surface area contributed by atoms with E-state index in [1.807, 2.05) is 13.1 Å². The van der Waals surface area contributed by atoms with E-state index in [4.69, 9.17) is 0 Å². The van der Waals surface area contributed by atoms with Crippen molar-refractivity contribution in [1.82, 2.24) is 14.7 Å². The van der Waals surface area contributed by atoms with E-state index in [-0.39, 0.29) is 17.7 Å². The fraction of sp³-hybridized carbons (Fsp3) is 0.667. The fourth-order valence-corrected chi connectivity index (χ4v) is 3.84. The highest BCUT2D eigenvalue weighted by Crippen LogP contribution is 2.39. The van der Waals surface area contributed by atoms with Crippen molar-refractivity contribution in [3.63, 3.8) is 0 Å². The molecule has 1 aromatic heterocycles. The van der Waals surface area contributed by atoms with Gasteiger partial charge in [0.2, 0.25) is 11.8 Å². The zero-order valence-electron chi connectivity index (χ0n) is 14.7. The van der Waals surface area contributed by atoms with E-state index in [9.17, 15) is 14.9 Å². The number of carbonyl (C=O) groups excluding carboxylic acids is 2. The van der Waals surface area contributed by atoms with Crippen molar-refractivity contribution in [2.75, 3.05) is 18.4 Å². The van der Waals surface area contributed by atoms with Gasteiger partial charge in [-0.2, -0.15) is 10.4 Å². The van der Waals surface area contributed by atoms with Gasteiger partial charge in [-0.05, 0) is 32.6 Å². The molecule has 1 saturated carbocycles. The molecule has 2 heterocycles. The Hall–Kier alpha value is -2.36. The lowest BCUT2D eigenvalue weighted by Crippen LogP contribution is -2.47. The van der Waals surface area contributed by atoms with Crippen molar-refractivity contribution in [2.24, 2.45) is 11.3 Å². The van der Waals surface area contributed by atoms with Gasteiger partial charge >= 0.3 is 0 Å². The number of rotatable bonds is 4. The number of nitrogens with one attached hydrogen (secondary N) is 1. The highest BCUT2D eigenvalue weighted by Gasteiger charge is 2.44. The zero-order valence-corrected chi connectivity index (χ0v) is 14.7. The predicted octanol–water partition coefficient (Wildman–Crippen LogP) is 2.16. The summed E-state index contributed by atoms with van der Waals surface area (Å²) in [5.74, 6) is -0.148. The van der Waals surface area contributed by atoms with Gasteiger partial charge in [0.25, 0.3) is 0 Å². The summed E-state index contributed by atoms with van der Waals surface area (Å²) in [5.41, 5.74) is -0.108. The third-order valence-corrected chi connectivity index (χ3v) is 5.46. The topological polar surface area (TPSA) is 91.0 Å². The van der Waals surface area contributed by atoms with E-state index < -0.39 is 5.41 Å². The van der Waals surface area contributed by atoms with E-state index in [2.05, 4.69) is 16.5 Å². The van der Waals surface area contributed by atoms with Gasteiger partial charge in [-0.3, -0.25) is 14.3 Å². The van der Waals surface area contributed by atoms with Crippen LogP contribution in [-0.4, -0.2) is 39.6 Å². The third kappa shape index (κ3) is 3.53.